The van der Waals surface area contributed by atoms with Gasteiger partial charge in [-0.3, -0.25) is 0 Å². The van der Waals surface area contributed by atoms with Gasteiger partial charge >= 0.3 is 6.16 Å². The minimum Gasteiger partial charge on any atom is -0.431 e. The molecule has 7 nitrogen and oxygen atoms in total. The Bertz CT molecular complexity index is 144. The highest BCUT2D eigenvalue weighted by molar-refractivity contribution is 5.59. The lowest BCUT2D eigenvalue weighted by Gasteiger charge is -2.10. The van der Waals surface area contributed by atoms with E-state index in [0.717, 1.165) is 0 Å². The molecule has 0 aromatic carbocycles. The van der Waals surface area contributed by atoms with Crippen LogP contribution in [0.3, 0.4) is 0 Å². The highest BCUT2D eigenvalue weighted by Gasteiger charge is 2.10. The first-order chi connectivity index (χ1) is 6.60. The number of aliphatic hydroxyl groups excluding tert-OH is 4. The molecule has 0 saturated heterocycles. The second kappa shape index (κ2) is 7.51. The SMILES string of the molecule is O=C(OC[C@H](O)CO)OC[C@H](O)CO. The molecule has 0 aromatic rings. The van der Waals surface area contributed by atoms with Gasteiger partial charge < -0.3 is 29.9 Å². The van der Waals surface area contributed by atoms with E-state index in [1.54, 1.807) is 0 Å². The average Bonchev–Trinajstić information content (AvgIpc) is 2.22. The molecule has 0 aliphatic carbocycles. The van der Waals surface area contributed by atoms with E-state index in [-0.39, 0.29) is 13.2 Å². The molecule has 0 amide bonds. The Labute approximate surface area is 80.5 Å². The van der Waals surface area contributed by atoms with Crippen LogP contribution in [0.4, 0.5) is 4.79 Å². The maximum atomic E-state index is 10.7. The smallest absolute Gasteiger partial charge is 0.431 e. The van der Waals surface area contributed by atoms with Crippen LogP contribution < -0.4 is 0 Å². The largest absolute Gasteiger partial charge is 0.508 e. The number of carbonyl (C=O) groups excluding carboxylic acids is 1. The molecule has 0 fully saturated rings. The van der Waals surface area contributed by atoms with Crippen LogP contribution in [-0.2, 0) is 9.47 Å². The number of hydrogen-bond donors (Lipinski definition) is 4. The third kappa shape index (κ3) is 6.61. The van der Waals surface area contributed by atoms with Crippen molar-refractivity contribution >= 4 is 6.16 Å². The van der Waals surface area contributed by atoms with Gasteiger partial charge in [0.15, 0.2) is 0 Å². The van der Waals surface area contributed by atoms with Crippen LogP contribution in [0, 0.1) is 0 Å². The summed E-state index contributed by atoms with van der Waals surface area (Å²) in [4.78, 5) is 10.7. The zero-order chi connectivity index (χ0) is 11.0. The van der Waals surface area contributed by atoms with Gasteiger partial charge in [0, 0.05) is 0 Å². The number of aliphatic hydroxyl groups is 4. The number of rotatable bonds is 6. The van der Waals surface area contributed by atoms with Crippen LogP contribution in [0.25, 0.3) is 0 Å². The van der Waals surface area contributed by atoms with Gasteiger partial charge in [-0.1, -0.05) is 0 Å². The van der Waals surface area contributed by atoms with Crippen molar-refractivity contribution in [2.75, 3.05) is 26.4 Å². The van der Waals surface area contributed by atoms with Crippen molar-refractivity contribution in [1.82, 2.24) is 0 Å². The molecule has 4 N–H and O–H groups in total. The van der Waals surface area contributed by atoms with Crippen molar-refractivity contribution in [2.45, 2.75) is 12.2 Å². The zero-order valence-corrected chi connectivity index (χ0v) is 7.50. The summed E-state index contributed by atoms with van der Waals surface area (Å²) in [5.74, 6) is 0. The summed E-state index contributed by atoms with van der Waals surface area (Å²) in [7, 11) is 0. The monoisotopic (exact) mass is 210 g/mol. The van der Waals surface area contributed by atoms with Crippen LogP contribution in [0.2, 0.25) is 0 Å². The van der Waals surface area contributed by atoms with E-state index in [1.807, 2.05) is 0 Å². The number of carbonyl (C=O) groups is 1. The van der Waals surface area contributed by atoms with Crippen LogP contribution >= 0.6 is 0 Å². The normalized spacial score (nSPS) is 14.6. The summed E-state index contributed by atoms with van der Waals surface area (Å²) >= 11 is 0. The molecule has 2 atom stereocenters. The molecular formula is C7H14O7. The minimum atomic E-state index is -1.15. The van der Waals surface area contributed by atoms with E-state index in [2.05, 4.69) is 9.47 Å². The summed E-state index contributed by atoms with van der Waals surface area (Å²) in [5, 5.41) is 34.2. The summed E-state index contributed by atoms with van der Waals surface area (Å²) in [6.45, 7) is -1.81. The Hall–Kier alpha value is -0.890. The Morgan fingerprint density at radius 2 is 1.36 bits per heavy atom. The fourth-order valence-corrected chi connectivity index (χ4v) is 0.476. The van der Waals surface area contributed by atoms with Gasteiger partial charge in [0.1, 0.15) is 25.4 Å². The summed E-state index contributed by atoms with van der Waals surface area (Å²) in [5.41, 5.74) is 0. The predicted molar refractivity (Wildman–Crippen MR) is 43.5 cm³/mol. The fraction of sp³-hybridized carbons (Fsp3) is 0.857. The highest BCUT2D eigenvalue weighted by Crippen LogP contribution is 1.91. The molecular weight excluding hydrogens is 196 g/mol. The van der Waals surface area contributed by atoms with Crippen LogP contribution in [0.1, 0.15) is 0 Å². The Kier molecular flexibility index (Phi) is 7.03. The lowest BCUT2D eigenvalue weighted by molar-refractivity contribution is -0.0215. The highest BCUT2D eigenvalue weighted by atomic mass is 16.7. The van der Waals surface area contributed by atoms with Crippen LogP contribution in [-0.4, -0.2) is 65.2 Å². The molecule has 0 aromatic heterocycles. The molecule has 0 aliphatic rings. The Morgan fingerprint density at radius 1 is 1.00 bits per heavy atom. The Morgan fingerprint density at radius 3 is 1.64 bits per heavy atom. The second-order valence-corrected chi connectivity index (χ2v) is 2.54. The summed E-state index contributed by atoms with van der Waals surface area (Å²) in [6.07, 6.45) is -3.37. The van der Waals surface area contributed by atoms with Gasteiger partial charge in [-0.2, -0.15) is 0 Å². The third-order valence-electron chi connectivity index (χ3n) is 1.21. The number of hydrogen-bond acceptors (Lipinski definition) is 7. The van der Waals surface area contributed by atoms with E-state index in [0.29, 0.717) is 0 Å². The number of ether oxygens (including phenoxy) is 2. The molecule has 7 heteroatoms. The molecule has 0 bridgehead atoms. The van der Waals surface area contributed by atoms with E-state index in [4.69, 9.17) is 20.4 Å². The molecule has 0 saturated carbocycles. The van der Waals surface area contributed by atoms with Crippen LogP contribution in [0.15, 0.2) is 0 Å². The van der Waals surface area contributed by atoms with E-state index < -0.39 is 31.6 Å². The average molecular weight is 210 g/mol. The quantitative estimate of drug-likeness (QED) is 0.369. The van der Waals surface area contributed by atoms with Gasteiger partial charge in [-0.25, -0.2) is 4.79 Å². The van der Waals surface area contributed by atoms with Gasteiger partial charge in [0.2, 0.25) is 0 Å². The molecule has 0 unspecified atom stereocenters. The fourth-order valence-electron chi connectivity index (χ4n) is 0.476. The van der Waals surface area contributed by atoms with Crippen molar-refractivity contribution in [3.05, 3.63) is 0 Å². The molecule has 0 aliphatic heterocycles. The van der Waals surface area contributed by atoms with Gasteiger partial charge in [0.25, 0.3) is 0 Å². The van der Waals surface area contributed by atoms with E-state index in [9.17, 15) is 4.79 Å². The van der Waals surface area contributed by atoms with Crippen molar-refractivity contribution in [2.24, 2.45) is 0 Å². The second-order valence-electron chi connectivity index (χ2n) is 2.54. The molecule has 0 heterocycles. The van der Waals surface area contributed by atoms with Gasteiger partial charge in [0.05, 0.1) is 13.2 Å². The molecule has 14 heavy (non-hydrogen) atoms. The standard InChI is InChI=1S/C7H14O7/c8-1-5(10)3-13-7(12)14-4-6(11)2-9/h5-6,8-11H,1-4H2/t5-,6-/m1/s1. The first kappa shape index (κ1) is 13.1. The topological polar surface area (TPSA) is 116 Å². The first-order valence-electron chi connectivity index (χ1n) is 3.97. The summed E-state index contributed by atoms with van der Waals surface area (Å²) in [6, 6.07) is 0. The van der Waals surface area contributed by atoms with Gasteiger partial charge in [-0.15, -0.1) is 0 Å². The van der Waals surface area contributed by atoms with Crippen molar-refractivity contribution in [1.29, 1.82) is 0 Å². The molecule has 0 spiro atoms. The zero-order valence-electron chi connectivity index (χ0n) is 7.50. The van der Waals surface area contributed by atoms with Gasteiger partial charge in [-0.05, 0) is 0 Å². The minimum absolute atomic E-state index is 0.384. The third-order valence-corrected chi connectivity index (χ3v) is 1.21. The van der Waals surface area contributed by atoms with E-state index >= 15 is 0 Å². The van der Waals surface area contributed by atoms with Crippen molar-refractivity contribution < 1.29 is 34.7 Å². The maximum Gasteiger partial charge on any atom is 0.508 e. The molecule has 0 radical (unpaired) electrons. The Balaban J connectivity index is 3.46. The van der Waals surface area contributed by atoms with Crippen molar-refractivity contribution in [3.63, 3.8) is 0 Å². The van der Waals surface area contributed by atoms with Crippen LogP contribution in [0.5, 0.6) is 0 Å². The lowest BCUT2D eigenvalue weighted by Crippen LogP contribution is -2.25. The maximum absolute atomic E-state index is 10.7. The molecule has 84 valence electrons. The van der Waals surface area contributed by atoms with Crippen molar-refractivity contribution in [3.8, 4) is 0 Å². The lowest BCUT2D eigenvalue weighted by atomic mass is 10.4. The summed E-state index contributed by atoms with van der Waals surface area (Å²) < 4.78 is 8.65. The first-order valence-corrected chi connectivity index (χ1v) is 3.97. The molecule has 0 rings (SSSR count). The van der Waals surface area contributed by atoms with E-state index in [1.165, 1.54) is 0 Å². The predicted octanol–water partition coefficient (Wildman–Crippen LogP) is -2.15.